The van der Waals surface area contributed by atoms with E-state index in [0.29, 0.717) is 5.69 Å². The molecule has 0 aliphatic rings. The molecule has 1 heterocycles. The van der Waals surface area contributed by atoms with E-state index < -0.39 is 0 Å². The number of benzene rings is 1. The van der Waals surface area contributed by atoms with Crippen LogP contribution in [0.1, 0.15) is 0 Å². The molecule has 0 saturated carbocycles. The molecule has 70 valence electrons. The summed E-state index contributed by atoms with van der Waals surface area (Å²) in [6.45, 7) is 0. The van der Waals surface area contributed by atoms with Gasteiger partial charge in [-0.3, -0.25) is 0 Å². The second-order valence-electron chi connectivity index (χ2n) is 3.08. The van der Waals surface area contributed by atoms with Crippen LogP contribution in [0.3, 0.4) is 0 Å². The summed E-state index contributed by atoms with van der Waals surface area (Å²) in [5.74, 6) is 0. The standard InChI is InChI=1S/C11H10N2O/c12-11-6-10(7-13(14)8-11)9-4-2-1-3-5-9/h1-8H,12H2. The first-order valence-corrected chi connectivity index (χ1v) is 4.30. The molecule has 0 fully saturated rings. The van der Waals surface area contributed by atoms with Crippen molar-refractivity contribution in [3.63, 3.8) is 0 Å². The zero-order valence-electron chi connectivity index (χ0n) is 7.55. The Balaban J connectivity index is 2.52. The third kappa shape index (κ3) is 1.66. The summed E-state index contributed by atoms with van der Waals surface area (Å²) in [5, 5.41) is 11.1. The van der Waals surface area contributed by atoms with E-state index >= 15 is 0 Å². The van der Waals surface area contributed by atoms with Crippen molar-refractivity contribution in [2.45, 2.75) is 0 Å². The Morgan fingerprint density at radius 1 is 1.00 bits per heavy atom. The lowest BCUT2D eigenvalue weighted by atomic mass is 10.1. The zero-order chi connectivity index (χ0) is 9.97. The maximum atomic E-state index is 11.1. The molecular formula is C11H10N2O. The Bertz CT molecular complexity index is 420. The van der Waals surface area contributed by atoms with Crippen molar-refractivity contribution in [1.29, 1.82) is 0 Å². The molecule has 0 radical (unpaired) electrons. The van der Waals surface area contributed by atoms with Gasteiger partial charge in [-0.05, 0) is 11.6 Å². The fourth-order valence-corrected chi connectivity index (χ4v) is 1.36. The van der Waals surface area contributed by atoms with Gasteiger partial charge in [-0.2, -0.15) is 4.73 Å². The Labute approximate surface area is 82.0 Å². The molecule has 0 spiro atoms. The van der Waals surface area contributed by atoms with E-state index in [0.717, 1.165) is 15.9 Å². The van der Waals surface area contributed by atoms with Crippen LogP contribution >= 0.6 is 0 Å². The maximum absolute atomic E-state index is 11.1. The number of pyridine rings is 1. The number of nitrogens with zero attached hydrogens (tertiary/aromatic N) is 1. The average molecular weight is 186 g/mol. The van der Waals surface area contributed by atoms with Crippen LogP contribution in [0.15, 0.2) is 48.8 Å². The third-order valence-electron chi connectivity index (χ3n) is 1.97. The van der Waals surface area contributed by atoms with Crippen LogP contribution in [0.25, 0.3) is 11.1 Å². The van der Waals surface area contributed by atoms with Gasteiger partial charge in [0, 0.05) is 5.56 Å². The van der Waals surface area contributed by atoms with Gasteiger partial charge in [0.2, 0.25) is 6.20 Å². The van der Waals surface area contributed by atoms with Crippen molar-refractivity contribution in [1.82, 2.24) is 0 Å². The summed E-state index contributed by atoms with van der Waals surface area (Å²) in [5.41, 5.74) is 7.87. The Hall–Kier alpha value is -2.03. The van der Waals surface area contributed by atoms with Crippen molar-refractivity contribution in [2.24, 2.45) is 0 Å². The minimum atomic E-state index is 0.473. The quantitative estimate of drug-likeness (QED) is 0.543. The highest BCUT2D eigenvalue weighted by Gasteiger charge is 2.02. The highest BCUT2D eigenvalue weighted by molar-refractivity contribution is 5.64. The van der Waals surface area contributed by atoms with Gasteiger partial charge in [0.25, 0.3) is 0 Å². The molecule has 2 rings (SSSR count). The van der Waals surface area contributed by atoms with Gasteiger partial charge < -0.3 is 10.9 Å². The molecule has 14 heavy (non-hydrogen) atoms. The number of hydrogen-bond donors (Lipinski definition) is 1. The van der Waals surface area contributed by atoms with Crippen molar-refractivity contribution in [3.8, 4) is 11.1 Å². The summed E-state index contributed by atoms with van der Waals surface area (Å²) in [6, 6.07) is 11.4. The number of rotatable bonds is 1. The van der Waals surface area contributed by atoms with E-state index in [1.165, 1.54) is 12.4 Å². The van der Waals surface area contributed by atoms with Gasteiger partial charge in [-0.25, -0.2) is 0 Å². The van der Waals surface area contributed by atoms with Crippen LogP contribution in [-0.2, 0) is 0 Å². The lowest BCUT2D eigenvalue weighted by Crippen LogP contribution is -2.25. The van der Waals surface area contributed by atoms with Crippen LogP contribution < -0.4 is 10.5 Å². The predicted molar refractivity (Wildman–Crippen MR) is 55.3 cm³/mol. The van der Waals surface area contributed by atoms with Crippen LogP contribution in [0.2, 0.25) is 0 Å². The SMILES string of the molecule is Nc1cc(-c2ccccc2)c[n+]([O-])c1. The van der Waals surface area contributed by atoms with Crippen LogP contribution in [0.5, 0.6) is 0 Å². The third-order valence-corrected chi connectivity index (χ3v) is 1.97. The van der Waals surface area contributed by atoms with E-state index in [1.54, 1.807) is 6.07 Å². The van der Waals surface area contributed by atoms with Crippen LogP contribution in [-0.4, -0.2) is 0 Å². The van der Waals surface area contributed by atoms with Crippen molar-refractivity contribution in [3.05, 3.63) is 54.0 Å². The summed E-state index contributed by atoms with van der Waals surface area (Å²) in [4.78, 5) is 0. The Kier molecular flexibility index (Phi) is 2.07. The van der Waals surface area contributed by atoms with Crippen LogP contribution in [0.4, 0.5) is 5.69 Å². The topological polar surface area (TPSA) is 53.0 Å². The van der Waals surface area contributed by atoms with Crippen molar-refractivity contribution >= 4 is 5.69 Å². The molecule has 3 heteroatoms. The molecule has 0 saturated heterocycles. The normalized spacial score (nSPS) is 10.0. The molecule has 1 aromatic heterocycles. The Morgan fingerprint density at radius 3 is 2.36 bits per heavy atom. The van der Waals surface area contributed by atoms with E-state index in [2.05, 4.69) is 0 Å². The first-order valence-electron chi connectivity index (χ1n) is 4.30. The smallest absolute Gasteiger partial charge is 0.203 e. The lowest BCUT2D eigenvalue weighted by Gasteiger charge is -2.02. The number of anilines is 1. The average Bonchev–Trinajstić information content (AvgIpc) is 2.18. The number of nitrogens with two attached hydrogens (primary N) is 1. The molecule has 0 amide bonds. The van der Waals surface area contributed by atoms with Gasteiger partial charge in [-0.1, -0.05) is 30.3 Å². The molecule has 0 unspecified atom stereocenters. The first kappa shape index (κ1) is 8.56. The molecule has 0 aliphatic carbocycles. The fourth-order valence-electron chi connectivity index (χ4n) is 1.36. The van der Waals surface area contributed by atoms with Gasteiger partial charge in [0.1, 0.15) is 0 Å². The molecule has 0 bridgehead atoms. The van der Waals surface area contributed by atoms with Crippen LogP contribution in [0, 0.1) is 5.21 Å². The fraction of sp³-hybridized carbons (Fsp3) is 0. The molecular weight excluding hydrogens is 176 g/mol. The van der Waals surface area contributed by atoms with E-state index in [9.17, 15) is 5.21 Å². The number of aromatic nitrogens is 1. The summed E-state index contributed by atoms with van der Waals surface area (Å²) in [6.07, 6.45) is 2.85. The van der Waals surface area contributed by atoms with Gasteiger partial charge in [-0.15, -0.1) is 0 Å². The largest absolute Gasteiger partial charge is 0.619 e. The van der Waals surface area contributed by atoms with E-state index in [-0.39, 0.29) is 0 Å². The van der Waals surface area contributed by atoms with Gasteiger partial charge in [0.05, 0.1) is 5.69 Å². The van der Waals surface area contributed by atoms with Gasteiger partial charge >= 0.3 is 0 Å². The molecule has 3 nitrogen and oxygen atoms in total. The number of hydrogen-bond acceptors (Lipinski definition) is 2. The van der Waals surface area contributed by atoms with E-state index in [4.69, 9.17) is 5.73 Å². The molecule has 0 atom stereocenters. The summed E-state index contributed by atoms with van der Waals surface area (Å²) >= 11 is 0. The zero-order valence-corrected chi connectivity index (χ0v) is 7.55. The van der Waals surface area contributed by atoms with Gasteiger partial charge in [0.15, 0.2) is 6.20 Å². The molecule has 0 aliphatic heterocycles. The molecule has 1 aromatic carbocycles. The highest BCUT2D eigenvalue weighted by atomic mass is 16.5. The monoisotopic (exact) mass is 186 g/mol. The van der Waals surface area contributed by atoms with Crippen molar-refractivity contribution in [2.75, 3.05) is 5.73 Å². The predicted octanol–water partition coefficient (Wildman–Crippen LogP) is 1.57. The first-order chi connectivity index (χ1) is 6.75. The minimum Gasteiger partial charge on any atom is -0.619 e. The second-order valence-corrected chi connectivity index (χ2v) is 3.08. The molecule has 2 N–H and O–H groups in total. The second kappa shape index (κ2) is 3.38. The number of nitrogen functional groups attached to an aromatic ring is 1. The highest BCUT2D eigenvalue weighted by Crippen LogP contribution is 2.18. The maximum Gasteiger partial charge on any atom is 0.203 e. The van der Waals surface area contributed by atoms with Crippen molar-refractivity contribution < 1.29 is 4.73 Å². The summed E-state index contributed by atoms with van der Waals surface area (Å²) in [7, 11) is 0. The Morgan fingerprint density at radius 2 is 1.71 bits per heavy atom. The van der Waals surface area contributed by atoms with E-state index in [1.807, 2.05) is 30.3 Å². The lowest BCUT2D eigenvalue weighted by molar-refractivity contribution is -0.604. The minimum absolute atomic E-state index is 0.473. The molecule has 2 aromatic rings. The summed E-state index contributed by atoms with van der Waals surface area (Å²) < 4.78 is 0.720.